The molecule has 142 valence electrons. The van der Waals surface area contributed by atoms with Crippen LogP contribution < -0.4 is 5.32 Å². The van der Waals surface area contributed by atoms with Crippen molar-refractivity contribution in [2.45, 2.75) is 44.6 Å². The van der Waals surface area contributed by atoms with Crippen LogP contribution in [-0.2, 0) is 11.3 Å². The van der Waals surface area contributed by atoms with Crippen molar-refractivity contribution in [1.29, 1.82) is 0 Å². The molecule has 2 aromatic heterocycles. The summed E-state index contributed by atoms with van der Waals surface area (Å²) in [4.78, 5) is 12.6. The smallest absolute Gasteiger partial charge is 0.237 e. The number of nitrogens with zero attached hydrogens (tertiary/aromatic N) is 3. The summed E-state index contributed by atoms with van der Waals surface area (Å²) in [5.41, 5.74) is 2.58. The summed E-state index contributed by atoms with van der Waals surface area (Å²) in [6.45, 7) is 8.37. The standard InChI is InChI=1S/C19H21ClN4O2S/c1-5-24-17(15-8-9-26-12(15)3)22-23-19(24)27-13(4)18(25)21-16-10-14(20)7-6-11(16)2/h6-10,13H,5H2,1-4H3,(H,21,25)/t13-/m1/s1. The van der Waals surface area contributed by atoms with Crippen LogP contribution in [0.15, 0.2) is 40.1 Å². The maximum absolute atomic E-state index is 12.6. The molecule has 2 heterocycles. The quantitative estimate of drug-likeness (QED) is 0.588. The highest BCUT2D eigenvalue weighted by atomic mass is 35.5. The van der Waals surface area contributed by atoms with Gasteiger partial charge in [0, 0.05) is 17.3 Å². The highest BCUT2D eigenvalue weighted by molar-refractivity contribution is 8.00. The van der Waals surface area contributed by atoms with Gasteiger partial charge >= 0.3 is 0 Å². The van der Waals surface area contributed by atoms with E-state index in [1.807, 2.05) is 44.4 Å². The van der Waals surface area contributed by atoms with E-state index >= 15 is 0 Å². The number of aryl methyl sites for hydroxylation is 2. The van der Waals surface area contributed by atoms with Crippen LogP contribution in [0.1, 0.15) is 25.2 Å². The van der Waals surface area contributed by atoms with E-state index in [0.29, 0.717) is 22.4 Å². The van der Waals surface area contributed by atoms with E-state index in [4.69, 9.17) is 16.0 Å². The van der Waals surface area contributed by atoms with Gasteiger partial charge in [0.25, 0.3) is 0 Å². The summed E-state index contributed by atoms with van der Waals surface area (Å²) in [5, 5.41) is 12.4. The molecule has 1 aromatic carbocycles. The third kappa shape index (κ3) is 4.20. The van der Waals surface area contributed by atoms with Crippen molar-refractivity contribution in [3.8, 4) is 11.4 Å². The first-order valence-corrected chi connectivity index (χ1v) is 9.87. The van der Waals surface area contributed by atoms with E-state index in [2.05, 4.69) is 15.5 Å². The largest absolute Gasteiger partial charge is 0.469 e. The number of carbonyl (C=O) groups excluding carboxylic acids is 1. The molecule has 0 aliphatic heterocycles. The average molecular weight is 405 g/mol. The lowest BCUT2D eigenvalue weighted by atomic mass is 10.2. The summed E-state index contributed by atoms with van der Waals surface area (Å²) >= 11 is 7.40. The van der Waals surface area contributed by atoms with Crippen molar-refractivity contribution in [3.63, 3.8) is 0 Å². The van der Waals surface area contributed by atoms with Gasteiger partial charge in [0.1, 0.15) is 5.76 Å². The number of anilines is 1. The fraction of sp³-hybridized carbons (Fsp3) is 0.316. The van der Waals surface area contributed by atoms with E-state index in [-0.39, 0.29) is 11.2 Å². The summed E-state index contributed by atoms with van der Waals surface area (Å²) in [6.07, 6.45) is 1.63. The Kier molecular flexibility index (Phi) is 5.92. The summed E-state index contributed by atoms with van der Waals surface area (Å²) in [6, 6.07) is 7.30. The number of hydrogen-bond acceptors (Lipinski definition) is 5. The van der Waals surface area contributed by atoms with Crippen LogP contribution in [0.2, 0.25) is 5.02 Å². The van der Waals surface area contributed by atoms with Crippen LogP contribution >= 0.6 is 23.4 Å². The third-order valence-corrected chi connectivity index (χ3v) is 5.56. The number of thioether (sulfide) groups is 1. The minimum atomic E-state index is -0.351. The van der Waals surface area contributed by atoms with Gasteiger partial charge in [-0.15, -0.1) is 10.2 Å². The van der Waals surface area contributed by atoms with E-state index in [0.717, 1.165) is 22.7 Å². The molecule has 1 amide bonds. The van der Waals surface area contributed by atoms with Gasteiger partial charge in [-0.3, -0.25) is 4.79 Å². The van der Waals surface area contributed by atoms with Gasteiger partial charge in [-0.1, -0.05) is 29.4 Å². The zero-order valence-corrected chi connectivity index (χ0v) is 17.2. The molecule has 0 radical (unpaired) electrons. The lowest BCUT2D eigenvalue weighted by Crippen LogP contribution is -2.23. The Morgan fingerprint density at radius 2 is 2.11 bits per heavy atom. The molecule has 0 saturated carbocycles. The number of rotatable bonds is 6. The number of hydrogen-bond donors (Lipinski definition) is 1. The van der Waals surface area contributed by atoms with Crippen LogP contribution in [0, 0.1) is 13.8 Å². The molecule has 27 heavy (non-hydrogen) atoms. The minimum absolute atomic E-state index is 0.114. The lowest BCUT2D eigenvalue weighted by Gasteiger charge is -2.14. The Hall–Kier alpha value is -2.25. The fourth-order valence-electron chi connectivity index (χ4n) is 2.65. The minimum Gasteiger partial charge on any atom is -0.469 e. The van der Waals surface area contributed by atoms with Crippen molar-refractivity contribution >= 4 is 35.0 Å². The number of nitrogens with one attached hydrogen (secondary N) is 1. The molecule has 0 saturated heterocycles. The van der Waals surface area contributed by atoms with Gasteiger partial charge < -0.3 is 14.3 Å². The van der Waals surface area contributed by atoms with Gasteiger partial charge in [-0.25, -0.2) is 0 Å². The molecule has 0 bridgehead atoms. The fourth-order valence-corrected chi connectivity index (χ4v) is 3.74. The lowest BCUT2D eigenvalue weighted by molar-refractivity contribution is -0.115. The highest BCUT2D eigenvalue weighted by Crippen LogP contribution is 2.29. The number of amides is 1. The SMILES string of the molecule is CCn1c(S[C@H](C)C(=O)Nc2cc(Cl)ccc2C)nnc1-c1ccoc1C. The highest BCUT2D eigenvalue weighted by Gasteiger charge is 2.22. The number of furan rings is 1. The first-order valence-electron chi connectivity index (χ1n) is 8.62. The normalized spacial score (nSPS) is 12.2. The molecule has 1 N–H and O–H groups in total. The number of halogens is 1. The average Bonchev–Trinajstić information content (AvgIpc) is 3.23. The van der Waals surface area contributed by atoms with Crippen molar-refractivity contribution in [1.82, 2.24) is 14.8 Å². The maximum atomic E-state index is 12.6. The van der Waals surface area contributed by atoms with E-state index in [9.17, 15) is 4.79 Å². The van der Waals surface area contributed by atoms with Crippen LogP contribution in [0.25, 0.3) is 11.4 Å². The topological polar surface area (TPSA) is 73.0 Å². The second-order valence-corrected chi connectivity index (χ2v) is 7.89. The summed E-state index contributed by atoms with van der Waals surface area (Å²) in [7, 11) is 0. The predicted octanol–water partition coefficient (Wildman–Crippen LogP) is 4.95. The molecule has 3 aromatic rings. The van der Waals surface area contributed by atoms with Gasteiger partial charge in [-0.05, 0) is 51.5 Å². The van der Waals surface area contributed by atoms with Crippen molar-refractivity contribution in [2.24, 2.45) is 0 Å². The first kappa shape index (κ1) is 19.5. The van der Waals surface area contributed by atoms with Crippen LogP contribution in [0.5, 0.6) is 0 Å². The number of benzene rings is 1. The maximum Gasteiger partial charge on any atom is 0.237 e. The monoisotopic (exact) mass is 404 g/mol. The molecule has 1 atom stereocenters. The summed E-state index contributed by atoms with van der Waals surface area (Å²) < 4.78 is 7.35. The van der Waals surface area contributed by atoms with E-state index < -0.39 is 0 Å². The molecular weight excluding hydrogens is 384 g/mol. The van der Waals surface area contributed by atoms with Crippen molar-refractivity contribution in [3.05, 3.63) is 46.9 Å². The van der Waals surface area contributed by atoms with Crippen LogP contribution in [0.4, 0.5) is 5.69 Å². The van der Waals surface area contributed by atoms with Crippen molar-refractivity contribution in [2.75, 3.05) is 5.32 Å². The molecule has 0 unspecified atom stereocenters. The summed E-state index contributed by atoms with van der Waals surface area (Å²) in [5.74, 6) is 1.41. The van der Waals surface area contributed by atoms with Gasteiger partial charge in [0.15, 0.2) is 11.0 Å². The van der Waals surface area contributed by atoms with Crippen LogP contribution in [-0.4, -0.2) is 25.9 Å². The van der Waals surface area contributed by atoms with Crippen LogP contribution in [0.3, 0.4) is 0 Å². The number of carbonyl (C=O) groups is 1. The molecular formula is C19H21ClN4O2S. The third-order valence-electron chi connectivity index (χ3n) is 4.24. The van der Waals surface area contributed by atoms with Gasteiger partial charge in [-0.2, -0.15) is 0 Å². The van der Waals surface area contributed by atoms with Gasteiger partial charge in [0.05, 0.1) is 17.1 Å². The van der Waals surface area contributed by atoms with E-state index in [1.54, 1.807) is 18.4 Å². The Morgan fingerprint density at radius 3 is 2.78 bits per heavy atom. The number of aromatic nitrogens is 3. The van der Waals surface area contributed by atoms with E-state index in [1.165, 1.54) is 11.8 Å². The molecule has 3 rings (SSSR count). The molecule has 0 aliphatic carbocycles. The molecule has 0 aliphatic rings. The predicted molar refractivity (Wildman–Crippen MR) is 108 cm³/mol. The Labute approximate surface area is 167 Å². The first-order chi connectivity index (χ1) is 12.9. The molecule has 0 spiro atoms. The second-order valence-electron chi connectivity index (χ2n) is 6.15. The molecule has 6 nitrogen and oxygen atoms in total. The Morgan fingerprint density at radius 1 is 1.33 bits per heavy atom. The zero-order chi connectivity index (χ0) is 19.6. The zero-order valence-electron chi connectivity index (χ0n) is 15.6. The molecule has 8 heteroatoms. The Balaban J connectivity index is 1.77. The molecule has 0 fully saturated rings. The second kappa shape index (κ2) is 8.19. The Bertz CT molecular complexity index is 967. The van der Waals surface area contributed by atoms with Gasteiger partial charge in [0.2, 0.25) is 5.91 Å². The van der Waals surface area contributed by atoms with Crippen molar-refractivity contribution < 1.29 is 9.21 Å².